The number of aromatic nitrogens is 2. The number of rotatable bonds is 2. The van der Waals surface area contributed by atoms with Gasteiger partial charge >= 0.3 is 0 Å². The van der Waals surface area contributed by atoms with Crippen LogP contribution < -0.4 is 5.48 Å². The van der Waals surface area contributed by atoms with Crippen LogP contribution in [0.1, 0.15) is 25.6 Å². The summed E-state index contributed by atoms with van der Waals surface area (Å²) < 4.78 is 1.87. The van der Waals surface area contributed by atoms with Crippen molar-refractivity contribution in [3.63, 3.8) is 0 Å². The first kappa shape index (κ1) is 8.07. The Kier molecular flexibility index (Phi) is 2.14. The van der Waals surface area contributed by atoms with Crippen molar-refractivity contribution < 1.29 is 5.21 Å². The second-order valence-electron chi connectivity index (χ2n) is 2.79. The van der Waals surface area contributed by atoms with Gasteiger partial charge in [-0.1, -0.05) is 0 Å². The molecule has 0 amide bonds. The number of imidazole rings is 1. The standard InChI is InChI=1S/C7H13N3O/c1-5(2)10-4-8-6(3)7(10)9-11/h4-5,9,11H,1-3H3. The largest absolute Gasteiger partial charge is 0.313 e. The molecule has 0 saturated heterocycles. The Hall–Kier alpha value is -1.03. The van der Waals surface area contributed by atoms with E-state index in [0.29, 0.717) is 11.9 Å². The van der Waals surface area contributed by atoms with E-state index in [2.05, 4.69) is 10.5 Å². The zero-order chi connectivity index (χ0) is 8.43. The summed E-state index contributed by atoms with van der Waals surface area (Å²) in [6, 6.07) is 0.311. The molecular formula is C7H13N3O. The van der Waals surface area contributed by atoms with Gasteiger partial charge in [0.2, 0.25) is 0 Å². The monoisotopic (exact) mass is 155 g/mol. The number of nitrogens with one attached hydrogen (secondary N) is 1. The molecule has 1 aromatic heterocycles. The summed E-state index contributed by atoms with van der Waals surface area (Å²) in [4.78, 5) is 4.05. The van der Waals surface area contributed by atoms with E-state index < -0.39 is 0 Å². The Morgan fingerprint density at radius 1 is 1.64 bits per heavy atom. The highest BCUT2D eigenvalue weighted by molar-refractivity contribution is 5.38. The molecule has 4 heteroatoms. The van der Waals surface area contributed by atoms with Crippen LogP contribution in [-0.2, 0) is 0 Å². The van der Waals surface area contributed by atoms with Crippen LogP contribution in [0.5, 0.6) is 0 Å². The average molecular weight is 155 g/mol. The number of aryl methyl sites for hydroxylation is 1. The molecule has 0 aliphatic carbocycles. The molecule has 1 heterocycles. The third-order valence-corrected chi connectivity index (χ3v) is 1.64. The van der Waals surface area contributed by atoms with E-state index >= 15 is 0 Å². The topological polar surface area (TPSA) is 50.1 Å². The lowest BCUT2D eigenvalue weighted by Gasteiger charge is -2.10. The number of hydrogen-bond acceptors (Lipinski definition) is 3. The minimum absolute atomic E-state index is 0.311. The summed E-state index contributed by atoms with van der Waals surface area (Å²) >= 11 is 0. The van der Waals surface area contributed by atoms with E-state index in [0.717, 1.165) is 5.69 Å². The SMILES string of the molecule is Cc1ncn(C(C)C)c1NO. The Balaban J connectivity index is 3.05. The lowest BCUT2D eigenvalue weighted by Crippen LogP contribution is -2.04. The van der Waals surface area contributed by atoms with Gasteiger partial charge in [-0.15, -0.1) is 0 Å². The van der Waals surface area contributed by atoms with Gasteiger partial charge in [0, 0.05) is 6.04 Å². The molecule has 0 atom stereocenters. The number of anilines is 1. The zero-order valence-electron chi connectivity index (χ0n) is 7.00. The van der Waals surface area contributed by atoms with Gasteiger partial charge < -0.3 is 4.57 Å². The van der Waals surface area contributed by atoms with Gasteiger partial charge in [-0.2, -0.15) is 0 Å². The second kappa shape index (κ2) is 2.92. The molecule has 2 N–H and O–H groups in total. The first-order valence-electron chi connectivity index (χ1n) is 3.60. The molecule has 11 heavy (non-hydrogen) atoms. The molecule has 1 rings (SSSR count). The minimum Gasteiger partial charge on any atom is -0.313 e. The van der Waals surface area contributed by atoms with Gasteiger partial charge in [0.05, 0.1) is 12.0 Å². The molecular weight excluding hydrogens is 142 g/mol. The highest BCUT2D eigenvalue weighted by atomic mass is 16.5. The van der Waals surface area contributed by atoms with Gasteiger partial charge in [-0.25, -0.2) is 4.98 Å². The smallest absolute Gasteiger partial charge is 0.153 e. The average Bonchev–Trinajstić information content (AvgIpc) is 2.30. The first-order chi connectivity index (χ1) is 5.16. The van der Waals surface area contributed by atoms with Crippen molar-refractivity contribution in [2.75, 3.05) is 5.48 Å². The van der Waals surface area contributed by atoms with Crippen LogP contribution in [0.4, 0.5) is 5.82 Å². The van der Waals surface area contributed by atoms with Crippen LogP contribution in [0.15, 0.2) is 6.33 Å². The van der Waals surface area contributed by atoms with E-state index in [4.69, 9.17) is 5.21 Å². The fraction of sp³-hybridized carbons (Fsp3) is 0.571. The molecule has 0 aliphatic heterocycles. The molecule has 0 spiro atoms. The molecule has 0 saturated carbocycles. The van der Waals surface area contributed by atoms with E-state index in [1.54, 1.807) is 6.33 Å². The van der Waals surface area contributed by atoms with E-state index in [9.17, 15) is 0 Å². The third-order valence-electron chi connectivity index (χ3n) is 1.64. The maximum atomic E-state index is 8.73. The lowest BCUT2D eigenvalue weighted by atomic mass is 10.4. The number of nitrogens with zero attached hydrogens (tertiary/aromatic N) is 2. The summed E-state index contributed by atoms with van der Waals surface area (Å²) in [5, 5.41) is 8.73. The fourth-order valence-electron chi connectivity index (χ4n) is 0.985. The van der Waals surface area contributed by atoms with Crippen LogP contribution >= 0.6 is 0 Å². The molecule has 0 bridgehead atoms. The first-order valence-corrected chi connectivity index (χ1v) is 3.60. The highest BCUT2D eigenvalue weighted by Crippen LogP contribution is 2.17. The Labute approximate surface area is 65.8 Å². The van der Waals surface area contributed by atoms with Gasteiger partial charge in [0.1, 0.15) is 0 Å². The Bertz CT molecular complexity index is 242. The summed E-state index contributed by atoms with van der Waals surface area (Å²) in [5.74, 6) is 0.667. The predicted molar refractivity (Wildman–Crippen MR) is 42.8 cm³/mol. The summed E-state index contributed by atoms with van der Waals surface area (Å²) in [6.07, 6.45) is 1.71. The Morgan fingerprint density at radius 3 is 2.64 bits per heavy atom. The van der Waals surface area contributed by atoms with E-state index in [-0.39, 0.29) is 0 Å². The van der Waals surface area contributed by atoms with E-state index in [1.807, 2.05) is 25.3 Å². The van der Waals surface area contributed by atoms with Crippen LogP contribution in [0.3, 0.4) is 0 Å². The van der Waals surface area contributed by atoms with Crippen LogP contribution in [0, 0.1) is 6.92 Å². The van der Waals surface area contributed by atoms with Crippen molar-refractivity contribution in [3.05, 3.63) is 12.0 Å². The van der Waals surface area contributed by atoms with Gasteiger partial charge in [-0.3, -0.25) is 10.7 Å². The van der Waals surface area contributed by atoms with Crippen molar-refractivity contribution in [1.29, 1.82) is 0 Å². The lowest BCUT2D eigenvalue weighted by molar-refractivity contribution is 0.378. The van der Waals surface area contributed by atoms with Crippen molar-refractivity contribution >= 4 is 5.82 Å². The normalized spacial score (nSPS) is 10.6. The minimum atomic E-state index is 0.311. The van der Waals surface area contributed by atoms with Crippen LogP contribution in [-0.4, -0.2) is 14.8 Å². The maximum Gasteiger partial charge on any atom is 0.153 e. The van der Waals surface area contributed by atoms with Crippen molar-refractivity contribution in [2.45, 2.75) is 26.8 Å². The Morgan fingerprint density at radius 2 is 2.27 bits per heavy atom. The fourth-order valence-corrected chi connectivity index (χ4v) is 0.985. The molecule has 0 fully saturated rings. The maximum absolute atomic E-state index is 8.73. The van der Waals surface area contributed by atoms with Crippen LogP contribution in [0.25, 0.3) is 0 Å². The van der Waals surface area contributed by atoms with Gasteiger partial charge in [0.15, 0.2) is 5.82 Å². The zero-order valence-corrected chi connectivity index (χ0v) is 7.00. The summed E-state index contributed by atoms with van der Waals surface area (Å²) in [7, 11) is 0. The summed E-state index contributed by atoms with van der Waals surface area (Å²) in [6.45, 7) is 5.90. The van der Waals surface area contributed by atoms with Gasteiger partial charge in [-0.05, 0) is 20.8 Å². The van der Waals surface area contributed by atoms with Gasteiger partial charge in [0.25, 0.3) is 0 Å². The van der Waals surface area contributed by atoms with Crippen LogP contribution in [0.2, 0.25) is 0 Å². The predicted octanol–water partition coefficient (Wildman–Crippen LogP) is 1.57. The number of hydrogen-bond donors (Lipinski definition) is 2. The quantitative estimate of drug-likeness (QED) is 0.637. The molecule has 0 aliphatic rings. The van der Waals surface area contributed by atoms with E-state index in [1.165, 1.54) is 0 Å². The third kappa shape index (κ3) is 1.35. The summed E-state index contributed by atoms with van der Waals surface area (Å²) in [5.41, 5.74) is 2.93. The molecule has 0 unspecified atom stereocenters. The molecule has 4 nitrogen and oxygen atoms in total. The van der Waals surface area contributed by atoms with Crippen molar-refractivity contribution in [2.24, 2.45) is 0 Å². The van der Waals surface area contributed by atoms with Crippen molar-refractivity contribution in [3.8, 4) is 0 Å². The molecule has 0 aromatic carbocycles. The van der Waals surface area contributed by atoms with Crippen molar-refractivity contribution in [1.82, 2.24) is 9.55 Å². The molecule has 62 valence electrons. The molecule has 1 aromatic rings. The second-order valence-corrected chi connectivity index (χ2v) is 2.79. The highest BCUT2D eigenvalue weighted by Gasteiger charge is 2.07. The molecule has 0 radical (unpaired) electrons.